The Hall–Kier alpha value is -2.50. The van der Waals surface area contributed by atoms with Crippen LogP contribution in [0.25, 0.3) is 11.3 Å². The second-order valence-corrected chi connectivity index (χ2v) is 5.49. The molecule has 1 fully saturated rings. The molecule has 1 aliphatic carbocycles. The molecule has 0 aliphatic heterocycles. The molecule has 0 amide bonds. The van der Waals surface area contributed by atoms with Crippen LogP contribution >= 0.6 is 0 Å². The normalized spacial score (nSPS) is 14.2. The van der Waals surface area contributed by atoms with Gasteiger partial charge >= 0.3 is 5.97 Å². The maximum Gasteiger partial charge on any atom is 0.309 e. The first-order valence-electron chi connectivity index (χ1n) is 7.56. The van der Waals surface area contributed by atoms with E-state index < -0.39 is 0 Å². The molecule has 6 nitrogen and oxygen atoms in total. The summed E-state index contributed by atoms with van der Waals surface area (Å²) in [5.41, 5.74) is 1.40. The van der Waals surface area contributed by atoms with Crippen LogP contribution in [0.15, 0.2) is 28.8 Å². The molecule has 23 heavy (non-hydrogen) atoms. The molecule has 1 aliphatic rings. The molecule has 2 aromatic rings. The number of benzene rings is 1. The summed E-state index contributed by atoms with van der Waals surface area (Å²) in [4.78, 5) is 11.7. The van der Waals surface area contributed by atoms with E-state index in [-0.39, 0.29) is 18.5 Å². The van der Waals surface area contributed by atoms with Gasteiger partial charge < -0.3 is 18.7 Å². The van der Waals surface area contributed by atoms with Crippen LogP contribution < -0.4 is 9.47 Å². The smallest absolute Gasteiger partial charge is 0.309 e. The molecule has 1 heterocycles. The van der Waals surface area contributed by atoms with Gasteiger partial charge in [0.15, 0.2) is 17.3 Å². The molecule has 1 aromatic carbocycles. The van der Waals surface area contributed by atoms with E-state index >= 15 is 0 Å². The van der Waals surface area contributed by atoms with Crippen molar-refractivity contribution in [3.05, 3.63) is 30.0 Å². The maximum atomic E-state index is 11.7. The Bertz CT molecular complexity index is 690. The summed E-state index contributed by atoms with van der Waals surface area (Å²) in [7, 11) is 3.16. The second kappa shape index (κ2) is 6.73. The molecule has 122 valence electrons. The first kappa shape index (κ1) is 15.4. The molecule has 0 atom stereocenters. The molecule has 0 N–H and O–H groups in total. The molecule has 3 rings (SSSR count). The number of hydrogen-bond donors (Lipinski definition) is 0. The van der Waals surface area contributed by atoms with Gasteiger partial charge in [-0.2, -0.15) is 0 Å². The van der Waals surface area contributed by atoms with E-state index in [0.717, 1.165) is 24.8 Å². The van der Waals surface area contributed by atoms with Crippen LogP contribution in [-0.4, -0.2) is 25.3 Å². The minimum Gasteiger partial charge on any atom is -0.493 e. The quantitative estimate of drug-likeness (QED) is 0.762. The fourth-order valence-electron chi connectivity index (χ4n) is 2.41. The fraction of sp³-hybridized carbons (Fsp3) is 0.412. The molecule has 0 spiro atoms. The second-order valence-electron chi connectivity index (χ2n) is 5.49. The lowest BCUT2D eigenvalue weighted by Crippen LogP contribution is -2.23. The summed E-state index contributed by atoms with van der Waals surface area (Å²) < 4.78 is 21.1. The minimum absolute atomic E-state index is 0.0622. The standard InChI is InChI=1S/C17H19NO5/c1-20-14-7-6-12(8-16(14)21-2)15-9-13(18-23-15)10-22-17(19)11-4-3-5-11/h6-9,11H,3-5,10H2,1-2H3. The average molecular weight is 317 g/mol. The Morgan fingerprint density at radius 3 is 2.65 bits per heavy atom. The van der Waals surface area contributed by atoms with Crippen molar-refractivity contribution < 1.29 is 23.5 Å². The van der Waals surface area contributed by atoms with Crippen LogP contribution in [-0.2, 0) is 16.1 Å². The number of aromatic nitrogens is 1. The van der Waals surface area contributed by atoms with Crippen LogP contribution in [0, 0.1) is 5.92 Å². The van der Waals surface area contributed by atoms with Gasteiger partial charge in [-0.1, -0.05) is 11.6 Å². The number of rotatable bonds is 6. The first-order chi connectivity index (χ1) is 11.2. The van der Waals surface area contributed by atoms with Crippen molar-refractivity contribution in [2.45, 2.75) is 25.9 Å². The van der Waals surface area contributed by atoms with Crippen LogP contribution in [0.3, 0.4) is 0 Å². The van der Waals surface area contributed by atoms with Crippen LogP contribution in [0.5, 0.6) is 11.5 Å². The van der Waals surface area contributed by atoms with Gasteiger partial charge in [0.2, 0.25) is 0 Å². The molecule has 0 radical (unpaired) electrons. The van der Waals surface area contributed by atoms with Crippen molar-refractivity contribution in [3.8, 4) is 22.8 Å². The molecule has 0 bridgehead atoms. The summed E-state index contributed by atoms with van der Waals surface area (Å²) in [5.74, 6) is 1.75. The number of carbonyl (C=O) groups is 1. The van der Waals surface area contributed by atoms with E-state index in [1.165, 1.54) is 0 Å². The molecular weight excluding hydrogens is 298 g/mol. The Morgan fingerprint density at radius 1 is 1.22 bits per heavy atom. The Kier molecular flexibility index (Phi) is 4.50. The van der Waals surface area contributed by atoms with Crippen molar-refractivity contribution >= 4 is 5.97 Å². The highest BCUT2D eigenvalue weighted by Gasteiger charge is 2.26. The molecule has 1 saturated carbocycles. The average Bonchev–Trinajstić information content (AvgIpc) is 2.99. The Morgan fingerprint density at radius 2 is 2.00 bits per heavy atom. The molecule has 0 saturated heterocycles. The Labute approximate surface area is 134 Å². The highest BCUT2D eigenvalue weighted by atomic mass is 16.5. The number of carbonyl (C=O) groups excluding carboxylic acids is 1. The van der Waals surface area contributed by atoms with Gasteiger partial charge in [0.25, 0.3) is 0 Å². The zero-order valence-electron chi connectivity index (χ0n) is 13.2. The van der Waals surface area contributed by atoms with E-state index in [1.54, 1.807) is 26.4 Å². The van der Waals surface area contributed by atoms with Gasteiger partial charge in [-0.3, -0.25) is 4.79 Å². The summed E-state index contributed by atoms with van der Waals surface area (Å²) in [6.07, 6.45) is 2.95. The maximum absolute atomic E-state index is 11.7. The molecular formula is C17H19NO5. The van der Waals surface area contributed by atoms with Crippen molar-refractivity contribution in [1.82, 2.24) is 5.16 Å². The third-order valence-electron chi connectivity index (χ3n) is 4.03. The third kappa shape index (κ3) is 3.31. The largest absolute Gasteiger partial charge is 0.493 e. The lowest BCUT2D eigenvalue weighted by Gasteiger charge is -2.22. The van der Waals surface area contributed by atoms with Crippen molar-refractivity contribution in [2.24, 2.45) is 5.92 Å². The van der Waals surface area contributed by atoms with Gasteiger partial charge in [-0.25, -0.2) is 0 Å². The summed E-state index contributed by atoms with van der Waals surface area (Å²) in [6.45, 7) is 0.131. The van der Waals surface area contributed by atoms with Gasteiger partial charge in [0.1, 0.15) is 12.3 Å². The monoisotopic (exact) mass is 317 g/mol. The number of nitrogens with zero attached hydrogens (tertiary/aromatic N) is 1. The molecule has 6 heteroatoms. The summed E-state index contributed by atoms with van der Waals surface area (Å²) in [5, 5.41) is 3.94. The van der Waals surface area contributed by atoms with Crippen LogP contribution in [0.4, 0.5) is 0 Å². The molecule has 0 unspecified atom stereocenters. The number of methoxy groups -OCH3 is 2. The first-order valence-corrected chi connectivity index (χ1v) is 7.56. The topological polar surface area (TPSA) is 70.8 Å². The van der Waals surface area contributed by atoms with E-state index in [4.69, 9.17) is 18.7 Å². The predicted octanol–water partition coefficient (Wildman–Crippen LogP) is 3.20. The van der Waals surface area contributed by atoms with Gasteiger partial charge in [-0.05, 0) is 31.0 Å². The number of hydrogen-bond acceptors (Lipinski definition) is 6. The van der Waals surface area contributed by atoms with E-state index in [2.05, 4.69) is 5.16 Å². The van der Waals surface area contributed by atoms with Gasteiger partial charge in [-0.15, -0.1) is 0 Å². The summed E-state index contributed by atoms with van der Waals surface area (Å²) >= 11 is 0. The third-order valence-corrected chi connectivity index (χ3v) is 4.03. The molecule has 1 aromatic heterocycles. The number of ether oxygens (including phenoxy) is 3. The summed E-state index contributed by atoms with van der Waals surface area (Å²) in [6, 6.07) is 7.22. The zero-order valence-corrected chi connectivity index (χ0v) is 13.2. The van der Waals surface area contributed by atoms with Gasteiger partial charge in [0.05, 0.1) is 20.1 Å². The lowest BCUT2D eigenvalue weighted by atomic mass is 9.86. The highest BCUT2D eigenvalue weighted by molar-refractivity contribution is 5.73. The van der Waals surface area contributed by atoms with E-state index in [0.29, 0.717) is 23.0 Å². The zero-order chi connectivity index (χ0) is 16.2. The van der Waals surface area contributed by atoms with Crippen molar-refractivity contribution in [1.29, 1.82) is 0 Å². The van der Waals surface area contributed by atoms with E-state index in [9.17, 15) is 4.79 Å². The van der Waals surface area contributed by atoms with E-state index in [1.807, 2.05) is 12.1 Å². The van der Waals surface area contributed by atoms with Crippen LogP contribution in [0.2, 0.25) is 0 Å². The minimum atomic E-state index is -0.146. The van der Waals surface area contributed by atoms with Crippen molar-refractivity contribution in [3.63, 3.8) is 0 Å². The number of esters is 1. The van der Waals surface area contributed by atoms with Crippen molar-refractivity contribution in [2.75, 3.05) is 14.2 Å². The predicted molar refractivity (Wildman–Crippen MR) is 82.2 cm³/mol. The highest BCUT2D eigenvalue weighted by Crippen LogP contribution is 2.32. The Balaban J connectivity index is 1.67. The SMILES string of the molecule is COc1ccc(-c2cc(COC(=O)C3CCC3)no2)cc1OC. The lowest BCUT2D eigenvalue weighted by molar-refractivity contribution is -0.152. The van der Waals surface area contributed by atoms with Crippen LogP contribution in [0.1, 0.15) is 25.0 Å². The van der Waals surface area contributed by atoms with Gasteiger partial charge in [0, 0.05) is 11.6 Å². The fourth-order valence-corrected chi connectivity index (χ4v) is 2.41.